The molecule has 4 rings (SSSR count). The summed E-state index contributed by atoms with van der Waals surface area (Å²) in [4.78, 5) is 28.5. The summed E-state index contributed by atoms with van der Waals surface area (Å²) < 4.78 is 2.01. The highest BCUT2D eigenvalue weighted by molar-refractivity contribution is 5.95. The molecule has 3 unspecified atom stereocenters. The summed E-state index contributed by atoms with van der Waals surface area (Å²) >= 11 is 0. The lowest BCUT2D eigenvalue weighted by atomic mass is 9.91. The van der Waals surface area contributed by atoms with Crippen molar-refractivity contribution in [3.63, 3.8) is 0 Å². The summed E-state index contributed by atoms with van der Waals surface area (Å²) in [6, 6.07) is 16.6. The predicted octanol–water partition coefficient (Wildman–Crippen LogP) is 5.53. The molecule has 4 N–H and O–H groups in total. The van der Waals surface area contributed by atoms with Gasteiger partial charge < -0.3 is 25.4 Å². The monoisotopic (exact) mass is 561 g/mol. The first kappa shape index (κ1) is 31.6. The zero-order valence-electron chi connectivity index (χ0n) is 24.6. The fourth-order valence-corrected chi connectivity index (χ4v) is 4.32. The number of aliphatic carboxylic acids is 1. The zero-order valence-corrected chi connectivity index (χ0v) is 24.6. The number of nitrogens with one attached hydrogen (secondary N) is 2. The summed E-state index contributed by atoms with van der Waals surface area (Å²) in [6.07, 6.45) is 6.60. The average molecular weight is 562 g/mol. The molecule has 2 aromatic carbocycles. The number of carboxylic acids is 1. The van der Waals surface area contributed by atoms with Crippen molar-refractivity contribution in [3.8, 4) is 0 Å². The van der Waals surface area contributed by atoms with Gasteiger partial charge in [0.05, 0.1) is 6.20 Å². The van der Waals surface area contributed by atoms with Crippen LogP contribution in [0.5, 0.6) is 0 Å². The number of carbonyl (C=O) groups is 2. The van der Waals surface area contributed by atoms with E-state index in [0.717, 1.165) is 42.5 Å². The summed E-state index contributed by atoms with van der Waals surface area (Å²) in [7, 11) is 2.15. The fraction of sp³-hybridized carbons (Fsp3) is 0.406. The Morgan fingerprint density at radius 2 is 1.78 bits per heavy atom. The minimum atomic E-state index is -1.41. The van der Waals surface area contributed by atoms with Gasteiger partial charge in [-0.2, -0.15) is 5.10 Å². The van der Waals surface area contributed by atoms with Crippen LogP contribution in [0.3, 0.4) is 0 Å². The Morgan fingerprint density at radius 3 is 2.44 bits per heavy atom. The van der Waals surface area contributed by atoms with E-state index >= 15 is 0 Å². The maximum atomic E-state index is 12.7. The quantitative estimate of drug-likeness (QED) is 0.180. The number of anilines is 1. The molecule has 2 heterocycles. The zero-order chi connectivity index (χ0) is 29.9. The van der Waals surface area contributed by atoms with Gasteiger partial charge in [-0.15, -0.1) is 0 Å². The molecule has 9 heteroatoms. The van der Waals surface area contributed by atoms with Crippen LogP contribution in [-0.2, 0) is 16.0 Å². The molecule has 1 amide bonds. The topological polar surface area (TPSA) is 123 Å². The molecule has 0 saturated carbocycles. The van der Waals surface area contributed by atoms with Crippen molar-refractivity contribution in [1.29, 1.82) is 0 Å². The SMILES string of the molecule is CC(CCN(C)CCc1cnn(C(C)C)c1)C(C)C(=O)Nc1ccc2[nH]ccc2c1.O=C(O)C(O)c1ccccc1. The highest BCUT2D eigenvalue weighted by Gasteiger charge is 2.21. The largest absolute Gasteiger partial charge is 0.479 e. The lowest BCUT2D eigenvalue weighted by molar-refractivity contribution is -0.147. The number of likely N-dealkylation sites (N-methyl/N-ethyl adjacent to an activating group) is 1. The molecule has 9 nitrogen and oxygen atoms in total. The van der Waals surface area contributed by atoms with E-state index in [1.54, 1.807) is 30.3 Å². The van der Waals surface area contributed by atoms with E-state index in [1.165, 1.54) is 5.56 Å². The van der Waals surface area contributed by atoms with Gasteiger partial charge in [0, 0.05) is 47.5 Å². The van der Waals surface area contributed by atoms with Crippen molar-refractivity contribution in [2.75, 3.05) is 25.5 Å². The third kappa shape index (κ3) is 9.58. The molecule has 0 aliphatic rings. The Hall–Kier alpha value is -3.95. The van der Waals surface area contributed by atoms with Crippen LogP contribution in [0.25, 0.3) is 10.9 Å². The van der Waals surface area contributed by atoms with E-state index in [2.05, 4.69) is 54.3 Å². The third-order valence-corrected chi connectivity index (χ3v) is 7.37. The van der Waals surface area contributed by atoms with Gasteiger partial charge in [-0.05, 0) is 81.6 Å². The first-order valence-electron chi connectivity index (χ1n) is 14.1. The highest BCUT2D eigenvalue weighted by atomic mass is 16.4. The highest BCUT2D eigenvalue weighted by Crippen LogP contribution is 2.21. The molecule has 4 aromatic rings. The average Bonchev–Trinajstić information content (AvgIpc) is 3.64. The maximum Gasteiger partial charge on any atom is 0.337 e. The molecule has 0 bridgehead atoms. The number of hydrogen-bond acceptors (Lipinski definition) is 5. The van der Waals surface area contributed by atoms with Crippen LogP contribution >= 0.6 is 0 Å². The van der Waals surface area contributed by atoms with Gasteiger partial charge in [0.25, 0.3) is 0 Å². The van der Waals surface area contributed by atoms with Crippen LogP contribution in [0.4, 0.5) is 5.69 Å². The minimum Gasteiger partial charge on any atom is -0.479 e. The Bertz CT molecular complexity index is 1380. The van der Waals surface area contributed by atoms with Gasteiger partial charge >= 0.3 is 5.97 Å². The summed E-state index contributed by atoms with van der Waals surface area (Å²) in [6.45, 7) is 10.4. The molecule has 0 radical (unpaired) electrons. The van der Waals surface area contributed by atoms with Crippen LogP contribution in [0, 0.1) is 11.8 Å². The molecule has 41 heavy (non-hydrogen) atoms. The van der Waals surface area contributed by atoms with E-state index in [9.17, 15) is 9.59 Å². The van der Waals surface area contributed by atoms with Crippen molar-refractivity contribution in [2.24, 2.45) is 11.8 Å². The second kappa shape index (κ2) is 15.2. The van der Waals surface area contributed by atoms with Crippen LogP contribution in [-0.4, -0.2) is 61.9 Å². The predicted molar refractivity (Wildman–Crippen MR) is 163 cm³/mol. The standard InChI is InChI=1S/C24H35N5O.C8H8O3/c1-17(2)29-16-20(15-26-29)10-13-28(5)12-9-18(3)19(4)24(30)27-22-6-7-23-21(14-22)8-11-25-23;9-7(8(10)11)6-4-2-1-3-5-6/h6-8,11,14-19,25H,9-10,12-13H2,1-5H3,(H,27,30);1-5,7,9H,(H,10,11). The first-order chi connectivity index (χ1) is 19.5. The maximum absolute atomic E-state index is 12.7. The lowest BCUT2D eigenvalue weighted by Gasteiger charge is -2.23. The first-order valence-corrected chi connectivity index (χ1v) is 14.1. The van der Waals surface area contributed by atoms with Crippen molar-refractivity contribution >= 4 is 28.5 Å². The van der Waals surface area contributed by atoms with E-state index in [0.29, 0.717) is 17.5 Å². The third-order valence-electron chi connectivity index (χ3n) is 7.37. The van der Waals surface area contributed by atoms with Gasteiger partial charge in [0.2, 0.25) is 5.91 Å². The molecule has 0 aliphatic carbocycles. The van der Waals surface area contributed by atoms with E-state index in [-0.39, 0.29) is 11.8 Å². The van der Waals surface area contributed by atoms with E-state index in [1.807, 2.05) is 48.3 Å². The molecule has 0 fully saturated rings. The van der Waals surface area contributed by atoms with Crippen LogP contribution in [0.2, 0.25) is 0 Å². The number of aliphatic hydroxyl groups is 1. The van der Waals surface area contributed by atoms with Crippen LogP contribution in [0.1, 0.15) is 57.4 Å². The van der Waals surface area contributed by atoms with Crippen LogP contribution < -0.4 is 5.32 Å². The Labute approximate surface area is 242 Å². The molecule has 2 aromatic heterocycles. The summed E-state index contributed by atoms with van der Waals surface area (Å²) in [5, 5.41) is 26.0. The molecule has 0 saturated heterocycles. The molecule has 3 atom stereocenters. The number of rotatable bonds is 12. The van der Waals surface area contributed by atoms with Gasteiger partial charge in [0.15, 0.2) is 6.10 Å². The van der Waals surface area contributed by atoms with Crippen molar-refractivity contribution in [3.05, 3.63) is 84.3 Å². The normalized spacial score (nSPS) is 13.5. The number of fused-ring (bicyclic) bond motifs is 1. The number of nitrogens with zero attached hydrogens (tertiary/aromatic N) is 3. The number of benzene rings is 2. The molecule has 220 valence electrons. The number of aliphatic hydroxyl groups excluding tert-OH is 1. The van der Waals surface area contributed by atoms with Crippen molar-refractivity contribution < 1.29 is 19.8 Å². The number of amides is 1. The van der Waals surface area contributed by atoms with E-state index < -0.39 is 12.1 Å². The minimum absolute atomic E-state index is 0.0374. The number of carbonyl (C=O) groups excluding carboxylic acids is 1. The fourth-order valence-electron chi connectivity index (χ4n) is 4.32. The molecule has 0 spiro atoms. The smallest absolute Gasteiger partial charge is 0.337 e. The van der Waals surface area contributed by atoms with Gasteiger partial charge in [0.1, 0.15) is 0 Å². The summed E-state index contributed by atoms with van der Waals surface area (Å²) in [5.41, 5.74) is 3.61. The van der Waals surface area contributed by atoms with Crippen molar-refractivity contribution in [2.45, 2.75) is 52.7 Å². The lowest BCUT2D eigenvalue weighted by Crippen LogP contribution is -2.29. The second-order valence-corrected chi connectivity index (χ2v) is 11.0. The Balaban J connectivity index is 0.000000352. The van der Waals surface area contributed by atoms with Gasteiger partial charge in [-0.25, -0.2) is 4.79 Å². The second-order valence-electron chi connectivity index (χ2n) is 11.0. The Morgan fingerprint density at radius 1 is 1.05 bits per heavy atom. The van der Waals surface area contributed by atoms with E-state index in [4.69, 9.17) is 10.2 Å². The Kier molecular flexibility index (Phi) is 11.7. The number of hydrogen-bond donors (Lipinski definition) is 4. The van der Waals surface area contributed by atoms with Gasteiger partial charge in [-0.1, -0.05) is 44.2 Å². The number of aromatic amines is 1. The number of aromatic nitrogens is 3. The number of carboxylic acid groups (broad SMARTS) is 1. The van der Waals surface area contributed by atoms with Gasteiger partial charge in [-0.3, -0.25) is 9.48 Å². The van der Waals surface area contributed by atoms with Crippen LogP contribution in [0.15, 0.2) is 73.2 Å². The van der Waals surface area contributed by atoms with Crippen molar-refractivity contribution in [1.82, 2.24) is 19.7 Å². The molecular formula is C32H43N5O4. The number of H-pyrrole nitrogens is 1. The summed E-state index contributed by atoms with van der Waals surface area (Å²) in [5.74, 6) is -0.867. The molecular weight excluding hydrogens is 518 g/mol. The molecule has 0 aliphatic heterocycles.